The SMILES string of the molecule is COCCNC(=O)C1(n2ccnc2)CCN(Cc2ccncc2)CC1.O=CO. The van der Waals surface area contributed by atoms with Gasteiger partial charge in [0.15, 0.2) is 0 Å². The number of hydrogen-bond donors (Lipinski definition) is 2. The summed E-state index contributed by atoms with van der Waals surface area (Å²) in [5.41, 5.74) is 0.675. The van der Waals surface area contributed by atoms with Crippen molar-refractivity contribution in [3.05, 3.63) is 48.8 Å². The number of methoxy groups -OCH3 is 1. The van der Waals surface area contributed by atoms with E-state index in [1.165, 1.54) is 5.56 Å². The van der Waals surface area contributed by atoms with Crippen LogP contribution in [0.4, 0.5) is 0 Å². The van der Waals surface area contributed by atoms with E-state index in [-0.39, 0.29) is 12.4 Å². The molecule has 1 aliphatic heterocycles. The molecule has 0 aromatic carbocycles. The van der Waals surface area contributed by atoms with Crippen LogP contribution < -0.4 is 5.32 Å². The average Bonchev–Trinajstić information content (AvgIpc) is 3.26. The Balaban J connectivity index is 0.000000878. The zero-order valence-corrected chi connectivity index (χ0v) is 16.0. The summed E-state index contributed by atoms with van der Waals surface area (Å²) in [6.45, 7) is 3.39. The summed E-state index contributed by atoms with van der Waals surface area (Å²) >= 11 is 0. The van der Waals surface area contributed by atoms with Gasteiger partial charge < -0.3 is 19.7 Å². The first-order valence-corrected chi connectivity index (χ1v) is 9.11. The van der Waals surface area contributed by atoms with Gasteiger partial charge in [-0.15, -0.1) is 0 Å². The number of likely N-dealkylation sites (tertiary alicyclic amines) is 1. The number of piperidine rings is 1. The molecule has 2 aromatic heterocycles. The number of pyridine rings is 1. The molecule has 2 aromatic rings. The van der Waals surface area contributed by atoms with Gasteiger partial charge in [0.05, 0.1) is 12.9 Å². The van der Waals surface area contributed by atoms with Crippen molar-refractivity contribution >= 4 is 12.4 Å². The predicted molar refractivity (Wildman–Crippen MR) is 103 cm³/mol. The Kier molecular flexibility index (Phi) is 8.57. The molecule has 0 aliphatic carbocycles. The number of rotatable bonds is 7. The monoisotopic (exact) mass is 389 g/mol. The van der Waals surface area contributed by atoms with E-state index in [0.29, 0.717) is 13.2 Å². The van der Waals surface area contributed by atoms with Gasteiger partial charge in [-0.2, -0.15) is 0 Å². The maximum Gasteiger partial charge on any atom is 0.290 e. The van der Waals surface area contributed by atoms with Gasteiger partial charge in [-0.3, -0.25) is 19.5 Å². The highest BCUT2D eigenvalue weighted by Crippen LogP contribution is 2.31. The molecule has 0 saturated carbocycles. The number of nitrogens with zero attached hydrogens (tertiary/aromatic N) is 4. The van der Waals surface area contributed by atoms with Gasteiger partial charge in [0, 0.05) is 58.1 Å². The second-order valence-electron chi connectivity index (χ2n) is 6.49. The van der Waals surface area contributed by atoms with Gasteiger partial charge in [-0.25, -0.2) is 4.98 Å². The Labute approximate surface area is 164 Å². The van der Waals surface area contributed by atoms with Crippen molar-refractivity contribution in [1.82, 2.24) is 24.8 Å². The minimum Gasteiger partial charge on any atom is -0.483 e. The van der Waals surface area contributed by atoms with E-state index in [4.69, 9.17) is 14.6 Å². The lowest BCUT2D eigenvalue weighted by atomic mass is 9.86. The highest BCUT2D eigenvalue weighted by Gasteiger charge is 2.42. The second-order valence-corrected chi connectivity index (χ2v) is 6.49. The van der Waals surface area contributed by atoms with Crippen LogP contribution >= 0.6 is 0 Å². The third kappa shape index (κ3) is 5.61. The Morgan fingerprint density at radius 3 is 2.54 bits per heavy atom. The second kappa shape index (κ2) is 11.2. The number of amides is 1. The molecule has 1 amide bonds. The highest BCUT2D eigenvalue weighted by molar-refractivity contribution is 5.84. The minimum absolute atomic E-state index is 0.0473. The molecule has 3 heterocycles. The predicted octanol–water partition coefficient (Wildman–Crippen LogP) is 0.733. The standard InChI is InChI=1S/C18H25N5O2.CH2O2/c1-25-13-9-21-17(24)18(23-12-8-20-15-23)4-10-22(11-5-18)14-16-2-6-19-7-3-16;2-1-3/h2-3,6-8,12,15H,4-5,9-11,13-14H2,1H3,(H,21,24);1H,(H,2,3). The lowest BCUT2D eigenvalue weighted by molar-refractivity contribution is -0.133. The van der Waals surface area contributed by atoms with E-state index in [0.717, 1.165) is 32.5 Å². The third-order valence-electron chi connectivity index (χ3n) is 4.85. The molecular weight excluding hydrogens is 362 g/mol. The Hall–Kier alpha value is -2.78. The van der Waals surface area contributed by atoms with E-state index < -0.39 is 5.54 Å². The van der Waals surface area contributed by atoms with Crippen LogP contribution in [0, 0.1) is 0 Å². The number of carbonyl (C=O) groups is 2. The molecule has 0 radical (unpaired) electrons. The van der Waals surface area contributed by atoms with Crippen molar-refractivity contribution in [1.29, 1.82) is 0 Å². The molecule has 0 spiro atoms. The van der Waals surface area contributed by atoms with Crippen LogP contribution in [0.15, 0.2) is 43.2 Å². The molecule has 28 heavy (non-hydrogen) atoms. The van der Waals surface area contributed by atoms with Crippen molar-refractivity contribution in [3.63, 3.8) is 0 Å². The van der Waals surface area contributed by atoms with E-state index in [2.05, 4.69) is 20.2 Å². The Bertz CT molecular complexity index is 700. The van der Waals surface area contributed by atoms with Crippen LogP contribution in [-0.2, 0) is 26.4 Å². The number of hydrogen-bond acceptors (Lipinski definition) is 6. The zero-order chi connectivity index (χ0) is 20.2. The largest absolute Gasteiger partial charge is 0.483 e. The molecule has 152 valence electrons. The Morgan fingerprint density at radius 1 is 1.29 bits per heavy atom. The molecule has 9 nitrogen and oxygen atoms in total. The van der Waals surface area contributed by atoms with Crippen LogP contribution in [0.5, 0.6) is 0 Å². The molecule has 0 unspecified atom stereocenters. The number of aromatic nitrogens is 3. The molecule has 2 N–H and O–H groups in total. The van der Waals surface area contributed by atoms with Crippen molar-refractivity contribution < 1.29 is 19.4 Å². The number of imidazole rings is 1. The summed E-state index contributed by atoms with van der Waals surface area (Å²) in [6, 6.07) is 4.07. The summed E-state index contributed by atoms with van der Waals surface area (Å²) in [5, 5.41) is 9.90. The van der Waals surface area contributed by atoms with Crippen molar-refractivity contribution in [3.8, 4) is 0 Å². The van der Waals surface area contributed by atoms with E-state index in [9.17, 15) is 4.79 Å². The zero-order valence-electron chi connectivity index (χ0n) is 16.0. The quantitative estimate of drug-likeness (QED) is 0.531. The fourth-order valence-electron chi connectivity index (χ4n) is 3.37. The average molecular weight is 389 g/mol. The van der Waals surface area contributed by atoms with Crippen LogP contribution in [0.1, 0.15) is 18.4 Å². The first kappa shape index (κ1) is 21.5. The third-order valence-corrected chi connectivity index (χ3v) is 4.85. The number of nitrogens with one attached hydrogen (secondary N) is 1. The summed E-state index contributed by atoms with van der Waals surface area (Å²) in [7, 11) is 1.63. The summed E-state index contributed by atoms with van der Waals surface area (Å²) in [4.78, 5) is 31.9. The number of carboxylic acid groups (broad SMARTS) is 1. The molecule has 3 rings (SSSR count). The maximum absolute atomic E-state index is 12.9. The lowest BCUT2D eigenvalue weighted by Gasteiger charge is -2.41. The molecule has 1 fully saturated rings. The molecule has 1 saturated heterocycles. The fraction of sp³-hybridized carbons (Fsp3) is 0.474. The highest BCUT2D eigenvalue weighted by atomic mass is 16.5. The van der Waals surface area contributed by atoms with Crippen LogP contribution in [0.2, 0.25) is 0 Å². The van der Waals surface area contributed by atoms with Crippen molar-refractivity contribution in [2.45, 2.75) is 24.9 Å². The number of ether oxygens (including phenoxy) is 1. The van der Waals surface area contributed by atoms with Crippen molar-refractivity contribution in [2.75, 3.05) is 33.4 Å². The molecule has 1 aliphatic rings. The fourth-order valence-corrected chi connectivity index (χ4v) is 3.37. The smallest absolute Gasteiger partial charge is 0.290 e. The molecule has 0 atom stereocenters. The summed E-state index contributed by atoms with van der Waals surface area (Å²) in [6.07, 6.45) is 10.5. The van der Waals surface area contributed by atoms with Gasteiger partial charge >= 0.3 is 0 Å². The van der Waals surface area contributed by atoms with Gasteiger partial charge in [0.2, 0.25) is 5.91 Å². The van der Waals surface area contributed by atoms with E-state index >= 15 is 0 Å². The first-order valence-electron chi connectivity index (χ1n) is 9.11. The molecule has 0 bridgehead atoms. The topological polar surface area (TPSA) is 110 Å². The first-order chi connectivity index (χ1) is 13.7. The van der Waals surface area contributed by atoms with E-state index in [1.807, 2.05) is 35.3 Å². The van der Waals surface area contributed by atoms with Gasteiger partial charge in [0.1, 0.15) is 5.54 Å². The Morgan fingerprint density at radius 2 is 1.96 bits per heavy atom. The van der Waals surface area contributed by atoms with Crippen LogP contribution in [0.3, 0.4) is 0 Å². The molecular formula is C19H27N5O4. The number of carbonyl (C=O) groups excluding carboxylic acids is 1. The molecule has 9 heteroatoms. The van der Waals surface area contributed by atoms with Crippen molar-refractivity contribution in [2.24, 2.45) is 0 Å². The van der Waals surface area contributed by atoms with Gasteiger partial charge in [-0.1, -0.05) is 0 Å². The van der Waals surface area contributed by atoms with Gasteiger partial charge in [-0.05, 0) is 30.5 Å². The van der Waals surface area contributed by atoms with E-state index in [1.54, 1.807) is 19.6 Å². The van der Waals surface area contributed by atoms with Crippen LogP contribution in [0.25, 0.3) is 0 Å². The van der Waals surface area contributed by atoms with Crippen LogP contribution in [-0.4, -0.2) is 70.3 Å². The summed E-state index contributed by atoms with van der Waals surface area (Å²) in [5.74, 6) is 0.0473. The summed E-state index contributed by atoms with van der Waals surface area (Å²) < 4.78 is 7.00. The van der Waals surface area contributed by atoms with Gasteiger partial charge in [0.25, 0.3) is 6.47 Å². The normalized spacial score (nSPS) is 15.9. The maximum atomic E-state index is 12.9. The minimum atomic E-state index is -0.570. The lowest BCUT2D eigenvalue weighted by Crippen LogP contribution is -2.55.